The maximum atomic E-state index is 6.21. The minimum atomic E-state index is 0.430. The Kier molecular flexibility index (Phi) is 6.24. The van der Waals surface area contributed by atoms with Crippen LogP contribution in [-0.2, 0) is 13.0 Å². The van der Waals surface area contributed by atoms with Crippen molar-refractivity contribution in [2.75, 3.05) is 24.6 Å². The summed E-state index contributed by atoms with van der Waals surface area (Å²) >= 11 is 3.62. The Labute approximate surface area is 207 Å². The lowest BCUT2D eigenvalue weighted by Crippen LogP contribution is -2.28. The molecule has 1 aromatic carbocycles. The summed E-state index contributed by atoms with van der Waals surface area (Å²) < 4.78 is 8.06. The monoisotopic (exact) mass is 492 g/mol. The number of nitrogen functional groups attached to an aromatic ring is 1. The first-order chi connectivity index (χ1) is 16.8. The quantitative estimate of drug-likeness (QED) is 0.377. The molecule has 0 aliphatic carbocycles. The molecule has 5 heterocycles. The van der Waals surface area contributed by atoms with Crippen LogP contribution in [-0.4, -0.2) is 38.4 Å². The van der Waals surface area contributed by atoms with Crippen LogP contribution in [0.5, 0.6) is 0 Å². The topological polar surface area (TPSA) is 94.8 Å². The minimum Gasteiger partial charge on any atom is -0.464 e. The largest absolute Gasteiger partial charge is 0.464 e. The van der Waals surface area contributed by atoms with Crippen LogP contribution in [0.2, 0.25) is 0 Å². The number of hydrogen-bond acceptors (Lipinski definition) is 8. The van der Waals surface area contributed by atoms with Crippen LogP contribution in [0, 0.1) is 5.92 Å². The lowest BCUT2D eigenvalue weighted by molar-refractivity contribution is 0.335. The number of aromatic nitrogens is 4. The van der Waals surface area contributed by atoms with E-state index in [1.807, 2.05) is 23.9 Å². The molecule has 1 saturated heterocycles. The SMILES string of the molecule is Nc1ncnc2c1nc(Sc1cc3c(cc1-c1ccco1)CCCS3)n2CCC1CCNCC1. The fraction of sp³-hybridized carbons (Fsp3) is 0.400. The molecule has 4 aromatic rings. The Hall–Kier alpha value is -2.49. The standard InChI is InChI=1S/C25H28N6OS2/c26-23-22-24(29-15-28-23)31(10-7-16-5-8-27-9-6-16)25(30-22)34-21-14-20-17(3-2-12-33-20)13-18(21)19-4-1-11-32-19/h1,4,11,13-16,27H,2-3,5-10,12H2,(H2,26,28,29). The number of rotatable bonds is 6. The molecule has 6 rings (SSSR count). The van der Waals surface area contributed by atoms with Crippen molar-refractivity contribution in [1.82, 2.24) is 24.8 Å². The van der Waals surface area contributed by atoms with E-state index in [9.17, 15) is 0 Å². The molecule has 9 heteroatoms. The molecule has 0 unspecified atom stereocenters. The molecule has 0 saturated carbocycles. The van der Waals surface area contributed by atoms with Crippen molar-refractivity contribution in [1.29, 1.82) is 0 Å². The molecule has 3 aromatic heterocycles. The van der Waals surface area contributed by atoms with Crippen LogP contribution in [0.1, 0.15) is 31.2 Å². The number of anilines is 1. The first-order valence-electron chi connectivity index (χ1n) is 11.9. The van der Waals surface area contributed by atoms with E-state index in [1.165, 1.54) is 29.7 Å². The average molecular weight is 493 g/mol. The first kappa shape index (κ1) is 22.0. The average Bonchev–Trinajstić information content (AvgIpc) is 3.52. The number of benzene rings is 1. The van der Waals surface area contributed by atoms with Crippen LogP contribution < -0.4 is 11.1 Å². The second kappa shape index (κ2) is 9.64. The van der Waals surface area contributed by atoms with Crippen molar-refractivity contribution in [3.05, 3.63) is 42.4 Å². The highest BCUT2D eigenvalue weighted by atomic mass is 32.2. The number of nitrogens with two attached hydrogens (primary N) is 1. The van der Waals surface area contributed by atoms with E-state index in [2.05, 4.69) is 32.0 Å². The maximum absolute atomic E-state index is 6.21. The molecule has 7 nitrogen and oxygen atoms in total. The third kappa shape index (κ3) is 4.32. The van der Waals surface area contributed by atoms with Gasteiger partial charge in [-0.1, -0.05) is 11.8 Å². The summed E-state index contributed by atoms with van der Waals surface area (Å²) in [7, 11) is 0. The van der Waals surface area contributed by atoms with Crippen molar-refractivity contribution in [3.8, 4) is 11.3 Å². The van der Waals surface area contributed by atoms with E-state index in [4.69, 9.17) is 15.1 Å². The lowest BCUT2D eigenvalue weighted by Gasteiger charge is -2.23. The van der Waals surface area contributed by atoms with Gasteiger partial charge in [-0.25, -0.2) is 15.0 Å². The predicted molar refractivity (Wildman–Crippen MR) is 137 cm³/mol. The molecular weight excluding hydrogens is 464 g/mol. The Balaban J connectivity index is 1.40. The summed E-state index contributed by atoms with van der Waals surface area (Å²) in [6, 6.07) is 8.60. The van der Waals surface area contributed by atoms with Gasteiger partial charge in [0.1, 0.15) is 12.1 Å². The van der Waals surface area contributed by atoms with Gasteiger partial charge in [0, 0.05) is 21.9 Å². The van der Waals surface area contributed by atoms with Gasteiger partial charge in [-0.05, 0) is 86.7 Å². The highest BCUT2D eigenvalue weighted by molar-refractivity contribution is 8.00. The van der Waals surface area contributed by atoms with E-state index < -0.39 is 0 Å². The molecule has 1 fully saturated rings. The van der Waals surface area contributed by atoms with Crippen LogP contribution in [0.25, 0.3) is 22.5 Å². The van der Waals surface area contributed by atoms with Gasteiger partial charge in [0.2, 0.25) is 0 Å². The summed E-state index contributed by atoms with van der Waals surface area (Å²) in [6.45, 7) is 3.08. The summed E-state index contributed by atoms with van der Waals surface area (Å²) in [5.74, 6) is 3.20. The van der Waals surface area contributed by atoms with Crippen molar-refractivity contribution in [3.63, 3.8) is 0 Å². The van der Waals surface area contributed by atoms with Gasteiger partial charge in [-0.15, -0.1) is 11.8 Å². The Morgan fingerprint density at radius 1 is 1.24 bits per heavy atom. The number of imidazole rings is 1. The van der Waals surface area contributed by atoms with Crippen molar-refractivity contribution >= 4 is 40.5 Å². The molecular formula is C25H28N6OS2. The molecule has 0 atom stereocenters. The smallest absolute Gasteiger partial charge is 0.175 e. The zero-order chi connectivity index (χ0) is 22.9. The molecule has 34 heavy (non-hydrogen) atoms. The Bertz CT molecular complexity index is 1300. The number of piperidine rings is 1. The Morgan fingerprint density at radius 3 is 3.00 bits per heavy atom. The number of furan rings is 1. The summed E-state index contributed by atoms with van der Waals surface area (Å²) in [5, 5.41) is 4.37. The maximum Gasteiger partial charge on any atom is 0.175 e. The highest BCUT2D eigenvalue weighted by Gasteiger charge is 2.22. The Morgan fingerprint density at radius 2 is 2.15 bits per heavy atom. The van der Waals surface area contributed by atoms with Crippen LogP contribution in [0.3, 0.4) is 0 Å². The highest BCUT2D eigenvalue weighted by Crippen LogP contribution is 2.43. The zero-order valence-electron chi connectivity index (χ0n) is 19.0. The lowest BCUT2D eigenvalue weighted by atomic mass is 9.95. The van der Waals surface area contributed by atoms with Crippen LogP contribution in [0.15, 0.2) is 56.2 Å². The number of fused-ring (bicyclic) bond motifs is 2. The van der Waals surface area contributed by atoms with Gasteiger partial charge in [0.15, 0.2) is 22.1 Å². The van der Waals surface area contributed by atoms with Gasteiger partial charge in [0.25, 0.3) is 0 Å². The third-order valence-corrected chi connectivity index (χ3v) is 8.98. The number of hydrogen-bond donors (Lipinski definition) is 2. The number of thioether (sulfide) groups is 1. The fourth-order valence-corrected chi connectivity index (χ4v) is 7.08. The van der Waals surface area contributed by atoms with Crippen molar-refractivity contribution in [2.24, 2.45) is 5.92 Å². The normalized spacial score (nSPS) is 16.7. The van der Waals surface area contributed by atoms with Gasteiger partial charge in [-0.3, -0.25) is 0 Å². The molecule has 2 aliphatic rings. The van der Waals surface area contributed by atoms with E-state index in [0.29, 0.717) is 11.3 Å². The van der Waals surface area contributed by atoms with Gasteiger partial charge < -0.3 is 20.0 Å². The van der Waals surface area contributed by atoms with Gasteiger partial charge >= 0.3 is 0 Å². The predicted octanol–water partition coefficient (Wildman–Crippen LogP) is 5.25. The molecule has 3 N–H and O–H groups in total. The van der Waals surface area contributed by atoms with E-state index in [-0.39, 0.29) is 0 Å². The van der Waals surface area contributed by atoms with Crippen molar-refractivity contribution < 1.29 is 4.42 Å². The summed E-state index contributed by atoms with van der Waals surface area (Å²) in [6.07, 6.45) is 9.15. The molecule has 176 valence electrons. The first-order valence-corrected chi connectivity index (χ1v) is 13.8. The van der Waals surface area contributed by atoms with Crippen LogP contribution >= 0.6 is 23.5 Å². The number of nitrogens with zero attached hydrogens (tertiary/aromatic N) is 4. The van der Waals surface area contributed by atoms with E-state index in [0.717, 1.165) is 71.2 Å². The second-order valence-corrected chi connectivity index (χ2v) is 11.1. The van der Waals surface area contributed by atoms with Crippen molar-refractivity contribution in [2.45, 2.75) is 53.6 Å². The third-order valence-electron chi connectivity index (χ3n) is 6.74. The zero-order valence-corrected chi connectivity index (χ0v) is 20.6. The van der Waals surface area contributed by atoms with Gasteiger partial charge in [-0.2, -0.15) is 0 Å². The minimum absolute atomic E-state index is 0.430. The molecule has 0 bridgehead atoms. The summed E-state index contributed by atoms with van der Waals surface area (Å²) in [5.41, 5.74) is 10.2. The molecule has 2 aliphatic heterocycles. The number of aryl methyl sites for hydroxylation is 2. The second-order valence-electron chi connectivity index (χ2n) is 8.95. The van der Waals surface area contributed by atoms with E-state index in [1.54, 1.807) is 24.4 Å². The van der Waals surface area contributed by atoms with Crippen LogP contribution in [0.4, 0.5) is 5.82 Å². The molecule has 0 amide bonds. The summed E-state index contributed by atoms with van der Waals surface area (Å²) in [4.78, 5) is 16.2. The van der Waals surface area contributed by atoms with E-state index >= 15 is 0 Å². The molecule has 0 radical (unpaired) electrons. The van der Waals surface area contributed by atoms with Gasteiger partial charge in [0.05, 0.1) is 6.26 Å². The molecule has 0 spiro atoms. The fourth-order valence-electron chi connectivity index (χ4n) is 4.88. The number of nitrogens with one attached hydrogen (secondary N) is 1.